The van der Waals surface area contributed by atoms with Crippen molar-refractivity contribution in [3.63, 3.8) is 0 Å². The van der Waals surface area contributed by atoms with E-state index in [0.29, 0.717) is 24.5 Å². The standard InChI is InChI=1S/C12H22BO2/c1-5-7-9-14-11(3)13-12(4)15-10-8-6-2/h3-10H2,1-2H3. The predicted molar refractivity (Wildman–Crippen MR) is 65.8 cm³/mol. The smallest absolute Gasteiger partial charge is 0.286 e. The van der Waals surface area contributed by atoms with E-state index in [4.69, 9.17) is 9.47 Å². The first kappa shape index (κ1) is 14.1. The molecule has 0 aromatic carbocycles. The van der Waals surface area contributed by atoms with E-state index in [1.54, 1.807) is 7.28 Å². The van der Waals surface area contributed by atoms with Gasteiger partial charge in [-0.1, -0.05) is 39.8 Å². The van der Waals surface area contributed by atoms with Crippen molar-refractivity contribution in [3.8, 4) is 0 Å². The molecule has 0 aliphatic carbocycles. The minimum absolute atomic E-state index is 0.630. The molecule has 0 atom stereocenters. The molecule has 0 rings (SSSR count). The molecule has 3 heteroatoms. The average Bonchev–Trinajstić information content (AvgIpc) is 2.18. The van der Waals surface area contributed by atoms with Gasteiger partial charge >= 0.3 is 0 Å². The molecule has 0 unspecified atom stereocenters. The lowest BCUT2D eigenvalue weighted by molar-refractivity contribution is 0.217. The maximum atomic E-state index is 5.37. The molecule has 15 heavy (non-hydrogen) atoms. The third-order valence-corrected chi connectivity index (χ3v) is 1.89. The molecule has 0 saturated carbocycles. The fourth-order valence-electron chi connectivity index (χ4n) is 0.958. The van der Waals surface area contributed by atoms with E-state index in [0.717, 1.165) is 25.7 Å². The van der Waals surface area contributed by atoms with Gasteiger partial charge < -0.3 is 9.47 Å². The van der Waals surface area contributed by atoms with Crippen LogP contribution in [0.2, 0.25) is 0 Å². The highest BCUT2D eigenvalue weighted by Gasteiger charge is 2.03. The molecule has 0 spiro atoms. The molecular formula is C12H22BO2. The van der Waals surface area contributed by atoms with Crippen molar-refractivity contribution < 1.29 is 9.47 Å². The maximum Gasteiger partial charge on any atom is 0.286 e. The van der Waals surface area contributed by atoms with Crippen molar-refractivity contribution in [2.45, 2.75) is 39.5 Å². The van der Waals surface area contributed by atoms with Crippen LogP contribution in [0.25, 0.3) is 0 Å². The molecule has 0 N–H and O–H groups in total. The molecule has 0 aromatic heterocycles. The lowest BCUT2D eigenvalue weighted by Gasteiger charge is -2.10. The first-order valence-corrected chi connectivity index (χ1v) is 5.68. The third kappa shape index (κ3) is 9.45. The topological polar surface area (TPSA) is 18.5 Å². The normalized spacial score (nSPS) is 9.47. The van der Waals surface area contributed by atoms with Gasteiger partial charge in [-0.05, 0) is 12.8 Å². The zero-order valence-corrected chi connectivity index (χ0v) is 10.1. The Bertz CT molecular complexity index is 170. The highest BCUT2D eigenvalue weighted by Crippen LogP contribution is 2.02. The average molecular weight is 209 g/mol. The Kier molecular flexibility index (Phi) is 9.14. The second-order valence-corrected chi connectivity index (χ2v) is 3.48. The largest absolute Gasteiger partial charge is 0.509 e. The molecule has 0 aromatic rings. The summed E-state index contributed by atoms with van der Waals surface area (Å²) in [5.41, 5.74) is 1.26. The second-order valence-electron chi connectivity index (χ2n) is 3.48. The minimum Gasteiger partial charge on any atom is -0.509 e. The van der Waals surface area contributed by atoms with Crippen molar-refractivity contribution in [1.82, 2.24) is 0 Å². The minimum atomic E-state index is 0.630. The Morgan fingerprint density at radius 3 is 1.67 bits per heavy atom. The van der Waals surface area contributed by atoms with Crippen molar-refractivity contribution in [2.24, 2.45) is 0 Å². The summed E-state index contributed by atoms with van der Waals surface area (Å²) < 4.78 is 10.7. The Balaban J connectivity index is 3.45. The number of unbranched alkanes of at least 4 members (excludes halogenated alkanes) is 2. The Morgan fingerprint density at radius 2 is 1.33 bits per heavy atom. The summed E-state index contributed by atoms with van der Waals surface area (Å²) in [7, 11) is 1.74. The molecule has 0 heterocycles. The number of hydrogen-bond acceptors (Lipinski definition) is 2. The highest BCUT2D eigenvalue weighted by atomic mass is 16.5. The van der Waals surface area contributed by atoms with Crippen molar-refractivity contribution in [1.29, 1.82) is 0 Å². The molecule has 0 bridgehead atoms. The first-order chi connectivity index (χ1) is 7.20. The van der Waals surface area contributed by atoms with Crippen LogP contribution in [-0.4, -0.2) is 20.5 Å². The molecule has 0 aliphatic rings. The molecular weight excluding hydrogens is 187 g/mol. The quantitative estimate of drug-likeness (QED) is 0.312. The second kappa shape index (κ2) is 9.69. The number of rotatable bonds is 10. The van der Waals surface area contributed by atoms with E-state index >= 15 is 0 Å². The van der Waals surface area contributed by atoms with Gasteiger partial charge in [-0.2, -0.15) is 0 Å². The van der Waals surface area contributed by atoms with Gasteiger partial charge in [0.15, 0.2) is 0 Å². The van der Waals surface area contributed by atoms with Crippen LogP contribution in [0.3, 0.4) is 0 Å². The van der Waals surface area contributed by atoms with E-state index in [1.807, 2.05) is 0 Å². The number of ether oxygens (including phenoxy) is 2. The van der Waals surface area contributed by atoms with Gasteiger partial charge in [0.2, 0.25) is 0 Å². The fraction of sp³-hybridized carbons (Fsp3) is 0.667. The van der Waals surface area contributed by atoms with Gasteiger partial charge in [-0.15, -0.1) is 0 Å². The Morgan fingerprint density at radius 1 is 0.933 bits per heavy atom. The van der Waals surface area contributed by atoms with Crippen LogP contribution in [0.15, 0.2) is 24.5 Å². The summed E-state index contributed by atoms with van der Waals surface area (Å²) in [5, 5.41) is 0. The fourth-order valence-corrected chi connectivity index (χ4v) is 0.958. The van der Waals surface area contributed by atoms with E-state index in [9.17, 15) is 0 Å². The lowest BCUT2D eigenvalue weighted by Crippen LogP contribution is -2.07. The lowest BCUT2D eigenvalue weighted by atomic mass is 9.74. The molecule has 0 saturated heterocycles. The van der Waals surface area contributed by atoms with Crippen LogP contribution in [0.1, 0.15) is 39.5 Å². The molecule has 0 amide bonds. The molecule has 1 radical (unpaired) electrons. The van der Waals surface area contributed by atoms with E-state index in [1.165, 1.54) is 0 Å². The van der Waals surface area contributed by atoms with Crippen molar-refractivity contribution in [2.75, 3.05) is 13.2 Å². The van der Waals surface area contributed by atoms with Gasteiger partial charge in [0.05, 0.1) is 24.5 Å². The van der Waals surface area contributed by atoms with Crippen LogP contribution < -0.4 is 0 Å². The summed E-state index contributed by atoms with van der Waals surface area (Å²) in [6.07, 6.45) is 4.36. The predicted octanol–water partition coefficient (Wildman–Crippen LogP) is 3.27. The van der Waals surface area contributed by atoms with E-state index in [-0.39, 0.29) is 0 Å². The summed E-state index contributed by atoms with van der Waals surface area (Å²) in [6.45, 7) is 13.2. The van der Waals surface area contributed by atoms with Crippen LogP contribution in [0.4, 0.5) is 0 Å². The summed E-state index contributed by atoms with van der Waals surface area (Å²) in [6, 6.07) is 0. The Labute approximate surface area is 94.6 Å². The monoisotopic (exact) mass is 209 g/mol. The van der Waals surface area contributed by atoms with Gasteiger partial charge in [0.25, 0.3) is 7.28 Å². The molecule has 0 fully saturated rings. The summed E-state index contributed by atoms with van der Waals surface area (Å²) in [4.78, 5) is 0. The molecule has 2 nitrogen and oxygen atoms in total. The van der Waals surface area contributed by atoms with Gasteiger partial charge in [0.1, 0.15) is 0 Å². The van der Waals surface area contributed by atoms with Crippen LogP contribution in [0, 0.1) is 0 Å². The maximum absolute atomic E-state index is 5.37. The Hall–Kier alpha value is -0.855. The van der Waals surface area contributed by atoms with Gasteiger partial charge in [0, 0.05) is 0 Å². The van der Waals surface area contributed by atoms with E-state index in [2.05, 4.69) is 27.0 Å². The number of hydrogen-bond donors (Lipinski definition) is 0. The van der Waals surface area contributed by atoms with Crippen LogP contribution in [-0.2, 0) is 9.47 Å². The molecule has 0 aliphatic heterocycles. The summed E-state index contributed by atoms with van der Waals surface area (Å²) >= 11 is 0. The van der Waals surface area contributed by atoms with Crippen LogP contribution in [0.5, 0.6) is 0 Å². The van der Waals surface area contributed by atoms with Crippen LogP contribution >= 0.6 is 0 Å². The first-order valence-electron chi connectivity index (χ1n) is 5.68. The molecule has 85 valence electrons. The SMILES string of the molecule is C=C([B]C(=C)OCCCC)OCCCC. The van der Waals surface area contributed by atoms with Crippen molar-refractivity contribution in [3.05, 3.63) is 24.5 Å². The van der Waals surface area contributed by atoms with Gasteiger partial charge in [-0.25, -0.2) is 0 Å². The third-order valence-electron chi connectivity index (χ3n) is 1.89. The van der Waals surface area contributed by atoms with E-state index < -0.39 is 0 Å². The zero-order valence-electron chi connectivity index (χ0n) is 10.1. The summed E-state index contributed by atoms with van der Waals surface area (Å²) in [5.74, 6) is 0. The van der Waals surface area contributed by atoms with Crippen molar-refractivity contribution >= 4 is 7.28 Å². The zero-order chi connectivity index (χ0) is 11.5. The highest BCUT2D eigenvalue weighted by molar-refractivity contribution is 6.51. The van der Waals surface area contributed by atoms with Gasteiger partial charge in [-0.3, -0.25) is 0 Å².